The molecule has 0 fully saturated rings. The molecular weight excluding hydrogens is 315 g/mol. The minimum Gasteiger partial charge on any atom is -0.316 e. The highest BCUT2D eigenvalue weighted by Gasteiger charge is 2.20. The lowest BCUT2D eigenvalue weighted by Crippen LogP contribution is -2.15. The van der Waals surface area contributed by atoms with Crippen molar-refractivity contribution < 1.29 is 12.8 Å². The van der Waals surface area contributed by atoms with Crippen LogP contribution in [0.2, 0.25) is 5.02 Å². The van der Waals surface area contributed by atoms with Crippen LogP contribution < -0.4 is 10.0 Å². The van der Waals surface area contributed by atoms with E-state index in [0.29, 0.717) is 12.2 Å². The minimum absolute atomic E-state index is 0.234. The van der Waals surface area contributed by atoms with Gasteiger partial charge in [0.15, 0.2) is 5.82 Å². The van der Waals surface area contributed by atoms with Crippen LogP contribution >= 0.6 is 11.6 Å². The van der Waals surface area contributed by atoms with E-state index in [9.17, 15) is 12.8 Å². The van der Waals surface area contributed by atoms with E-state index in [1.54, 1.807) is 25.2 Å². The Morgan fingerprint density at radius 3 is 2.62 bits per heavy atom. The summed E-state index contributed by atoms with van der Waals surface area (Å²) < 4.78 is 40.6. The van der Waals surface area contributed by atoms with Gasteiger partial charge in [0.25, 0.3) is 10.0 Å². The van der Waals surface area contributed by atoms with Gasteiger partial charge in [-0.3, -0.25) is 4.72 Å². The van der Waals surface area contributed by atoms with Gasteiger partial charge in [0.1, 0.15) is 4.90 Å². The number of hydrogen-bond donors (Lipinski definition) is 2. The number of benzene rings is 2. The van der Waals surface area contributed by atoms with E-state index in [1.165, 1.54) is 18.2 Å². The molecule has 0 amide bonds. The van der Waals surface area contributed by atoms with Gasteiger partial charge in [0.2, 0.25) is 0 Å². The van der Waals surface area contributed by atoms with Crippen LogP contribution in [0.5, 0.6) is 0 Å². The van der Waals surface area contributed by atoms with E-state index in [2.05, 4.69) is 10.0 Å². The van der Waals surface area contributed by atoms with Crippen molar-refractivity contribution in [2.75, 3.05) is 11.8 Å². The van der Waals surface area contributed by atoms with Crippen molar-refractivity contribution in [1.82, 2.24) is 5.32 Å². The molecule has 0 spiro atoms. The van der Waals surface area contributed by atoms with Crippen molar-refractivity contribution in [2.45, 2.75) is 11.4 Å². The van der Waals surface area contributed by atoms with Crippen LogP contribution in [-0.4, -0.2) is 15.5 Å². The third kappa shape index (κ3) is 3.72. The minimum atomic E-state index is -4.03. The second-order valence-electron chi connectivity index (χ2n) is 4.39. The van der Waals surface area contributed by atoms with Crippen molar-refractivity contribution in [1.29, 1.82) is 0 Å². The van der Waals surface area contributed by atoms with Gasteiger partial charge in [-0.25, -0.2) is 12.8 Å². The van der Waals surface area contributed by atoms with E-state index in [-0.39, 0.29) is 5.02 Å². The van der Waals surface area contributed by atoms with Gasteiger partial charge in [-0.05, 0) is 36.9 Å². The van der Waals surface area contributed by atoms with E-state index in [1.807, 2.05) is 6.07 Å². The maximum absolute atomic E-state index is 13.8. The van der Waals surface area contributed by atoms with Crippen molar-refractivity contribution in [2.24, 2.45) is 0 Å². The molecule has 112 valence electrons. The van der Waals surface area contributed by atoms with Crippen LogP contribution in [0.15, 0.2) is 47.4 Å². The van der Waals surface area contributed by atoms with Crippen LogP contribution in [-0.2, 0) is 16.6 Å². The molecule has 4 nitrogen and oxygen atoms in total. The quantitative estimate of drug-likeness (QED) is 0.887. The van der Waals surface area contributed by atoms with Gasteiger partial charge < -0.3 is 5.32 Å². The van der Waals surface area contributed by atoms with Gasteiger partial charge in [0, 0.05) is 12.2 Å². The summed E-state index contributed by atoms with van der Waals surface area (Å²) in [5.74, 6) is -0.960. The molecule has 0 heterocycles. The number of nitrogens with one attached hydrogen (secondary N) is 2. The Bertz CT molecular complexity index is 750. The Hall–Kier alpha value is -1.63. The monoisotopic (exact) mass is 328 g/mol. The maximum atomic E-state index is 13.8. The van der Waals surface area contributed by atoms with Gasteiger partial charge in [-0.15, -0.1) is 0 Å². The molecule has 2 rings (SSSR count). The zero-order valence-electron chi connectivity index (χ0n) is 11.2. The molecule has 0 aromatic heterocycles. The second-order valence-corrected chi connectivity index (χ2v) is 6.45. The second kappa shape index (κ2) is 6.43. The number of rotatable bonds is 5. The lowest BCUT2D eigenvalue weighted by atomic mass is 10.2. The van der Waals surface area contributed by atoms with Crippen molar-refractivity contribution in [3.63, 3.8) is 0 Å². The van der Waals surface area contributed by atoms with Gasteiger partial charge in [-0.1, -0.05) is 29.8 Å². The molecule has 0 bridgehead atoms. The Morgan fingerprint density at radius 2 is 1.90 bits per heavy atom. The van der Waals surface area contributed by atoms with Crippen LogP contribution in [0.25, 0.3) is 0 Å². The standard InChI is InChI=1S/C14H14ClFN2O2S/c1-17-9-10-4-2-5-11(8-10)18-21(19,20)13-7-3-6-12(15)14(13)16/h2-8,17-18H,9H2,1H3. The fourth-order valence-corrected chi connectivity index (χ4v) is 3.23. The smallest absolute Gasteiger partial charge is 0.264 e. The first-order chi connectivity index (χ1) is 9.94. The predicted molar refractivity (Wildman–Crippen MR) is 81.4 cm³/mol. The summed E-state index contributed by atoms with van der Waals surface area (Å²) in [4.78, 5) is -0.478. The fourth-order valence-electron chi connectivity index (χ4n) is 1.85. The number of halogens is 2. The first-order valence-electron chi connectivity index (χ1n) is 6.14. The molecule has 0 saturated heterocycles. The number of sulfonamides is 1. The molecule has 0 radical (unpaired) electrons. The lowest BCUT2D eigenvalue weighted by molar-refractivity contribution is 0.570. The molecule has 2 aromatic rings. The fraction of sp³-hybridized carbons (Fsp3) is 0.143. The summed E-state index contributed by atoms with van der Waals surface area (Å²) in [6, 6.07) is 10.7. The molecule has 0 saturated carbocycles. The summed E-state index contributed by atoms with van der Waals surface area (Å²) in [6.07, 6.45) is 0. The van der Waals surface area contributed by atoms with E-state index >= 15 is 0 Å². The average molecular weight is 329 g/mol. The molecule has 0 aliphatic carbocycles. The first kappa shape index (κ1) is 15.8. The molecule has 2 N–H and O–H groups in total. The molecular formula is C14H14ClFN2O2S. The zero-order chi connectivity index (χ0) is 15.5. The van der Waals surface area contributed by atoms with E-state index < -0.39 is 20.7 Å². The normalized spacial score (nSPS) is 11.4. The summed E-state index contributed by atoms with van der Waals surface area (Å²) in [5, 5.41) is 2.73. The Morgan fingerprint density at radius 1 is 1.19 bits per heavy atom. The van der Waals surface area contributed by atoms with Crippen molar-refractivity contribution in [3.8, 4) is 0 Å². The summed E-state index contributed by atoms with van der Waals surface area (Å²) in [7, 11) is -2.24. The lowest BCUT2D eigenvalue weighted by Gasteiger charge is -2.10. The SMILES string of the molecule is CNCc1cccc(NS(=O)(=O)c2cccc(Cl)c2F)c1. The first-order valence-corrected chi connectivity index (χ1v) is 8.00. The Balaban J connectivity index is 2.33. The third-order valence-corrected chi connectivity index (χ3v) is 4.46. The number of hydrogen-bond acceptors (Lipinski definition) is 3. The van der Waals surface area contributed by atoms with Crippen LogP contribution in [0.3, 0.4) is 0 Å². The zero-order valence-corrected chi connectivity index (χ0v) is 12.8. The molecule has 0 unspecified atom stereocenters. The third-order valence-electron chi connectivity index (χ3n) is 2.77. The molecule has 0 aliphatic rings. The maximum Gasteiger partial charge on any atom is 0.264 e. The van der Waals surface area contributed by atoms with Crippen molar-refractivity contribution >= 4 is 27.3 Å². The highest BCUT2D eigenvalue weighted by molar-refractivity contribution is 7.92. The molecule has 0 atom stereocenters. The highest BCUT2D eigenvalue weighted by Crippen LogP contribution is 2.24. The van der Waals surface area contributed by atoms with E-state index in [4.69, 9.17) is 11.6 Å². The Kier molecular flexibility index (Phi) is 4.82. The van der Waals surface area contributed by atoms with Crippen LogP contribution in [0, 0.1) is 5.82 Å². The number of anilines is 1. The molecule has 7 heteroatoms. The van der Waals surface area contributed by atoms with Crippen molar-refractivity contribution in [3.05, 3.63) is 58.9 Å². The largest absolute Gasteiger partial charge is 0.316 e. The molecule has 0 aliphatic heterocycles. The van der Waals surface area contributed by atoms with E-state index in [0.717, 1.165) is 5.56 Å². The van der Waals surface area contributed by atoms with Crippen LogP contribution in [0.4, 0.5) is 10.1 Å². The van der Waals surface area contributed by atoms with Crippen LogP contribution in [0.1, 0.15) is 5.56 Å². The molecule has 2 aromatic carbocycles. The summed E-state index contributed by atoms with van der Waals surface area (Å²) in [6.45, 7) is 0.598. The van der Waals surface area contributed by atoms with Gasteiger partial charge >= 0.3 is 0 Å². The predicted octanol–water partition coefficient (Wildman–Crippen LogP) is 3.00. The summed E-state index contributed by atoms with van der Waals surface area (Å²) >= 11 is 5.61. The topological polar surface area (TPSA) is 58.2 Å². The average Bonchev–Trinajstić information content (AvgIpc) is 2.42. The Labute approximate surface area is 128 Å². The highest BCUT2D eigenvalue weighted by atomic mass is 35.5. The van der Waals surface area contributed by atoms with Gasteiger partial charge in [0.05, 0.1) is 5.02 Å². The van der Waals surface area contributed by atoms with Gasteiger partial charge in [-0.2, -0.15) is 0 Å². The summed E-state index contributed by atoms with van der Waals surface area (Å²) in [5.41, 5.74) is 1.27. The molecule has 21 heavy (non-hydrogen) atoms.